The van der Waals surface area contributed by atoms with E-state index in [2.05, 4.69) is 0 Å². The summed E-state index contributed by atoms with van der Waals surface area (Å²) in [5, 5.41) is 8.79. The highest BCUT2D eigenvalue weighted by atomic mass is 19.4. The fourth-order valence-electron chi connectivity index (χ4n) is 2.22. The molecule has 1 fully saturated rings. The molecule has 0 spiro atoms. The van der Waals surface area contributed by atoms with Crippen LogP contribution in [0.15, 0.2) is 18.2 Å². The van der Waals surface area contributed by atoms with Crippen LogP contribution in [0.4, 0.5) is 17.6 Å². The molecule has 0 heterocycles. The monoisotopic (exact) mass is 276 g/mol. The second-order valence-electron chi connectivity index (χ2n) is 4.78. The van der Waals surface area contributed by atoms with Crippen LogP contribution < -0.4 is 0 Å². The average Bonchev–Trinajstić information content (AvgIpc) is 3.08. The Balaban J connectivity index is 2.30. The lowest BCUT2D eigenvalue weighted by atomic mass is 9.90. The van der Waals surface area contributed by atoms with E-state index < -0.39 is 29.4 Å². The summed E-state index contributed by atoms with van der Waals surface area (Å²) < 4.78 is 51.0. The topological polar surface area (TPSA) is 37.3 Å². The molecule has 1 aromatic rings. The van der Waals surface area contributed by atoms with Gasteiger partial charge in [-0.25, -0.2) is 4.39 Å². The minimum atomic E-state index is -4.60. The van der Waals surface area contributed by atoms with E-state index in [1.165, 1.54) is 0 Å². The van der Waals surface area contributed by atoms with Crippen LogP contribution in [0.25, 0.3) is 0 Å². The van der Waals surface area contributed by atoms with E-state index in [4.69, 9.17) is 5.11 Å². The smallest absolute Gasteiger partial charge is 0.416 e. The summed E-state index contributed by atoms with van der Waals surface area (Å²) in [4.78, 5) is 10.8. The van der Waals surface area contributed by atoms with Crippen LogP contribution in [0.1, 0.15) is 36.3 Å². The van der Waals surface area contributed by atoms with Gasteiger partial charge in [0, 0.05) is 5.92 Å². The third-order valence-electron chi connectivity index (χ3n) is 3.31. The molecule has 2 nitrogen and oxygen atoms in total. The van der Waals surface area contributed by atoms with Gasteiger partial charge in [-0.2, -0.15) is 13.2 Å². The molecule has 1 unspecified atom stereocenters. The van der Waals surface area contributed by atoms with Gasteiger partial charge < -0.3 is 5.11 Å². The lowest BCUT2D eigenvalue weighted by Gasteiger charge is -2.16. The van der Waals surface area contributed by atoms with E-state index >= 15 is 0 Å². The molecule has 2 rings (SSSR count). The number of halogens is 4. The molecule has 1 N–H and O–H groups in total. The van der Waals surface area contributed by atoms with Gasteiger partial charge in [0.15, 0.2) is 0 Å². The standard InChI is InChI=1S/C13H12F4O2/c14-11-5-8(13(15,16)17)3-4-9(11)10(6-12(18)19)7-1-2-7/h3-5,7,10H,1-2,6H2,(H,18,19). The zero-order valence-corrected chi connectivity index (χ0v) is 9.88. The number of aliphatic carboxylic acids is 1. The van der Waals surface area contributed by atoms with Crippen molar-refractivity contribution in [1.82, 2.24) is 0 Å². The molecule has 0 amide bonds. The fraction of sp³-hybridized carbons (Fsp3) is 0.462. The second-order valence-corrected chi connectivity index (χ2v) is 4.78. The van der Waals surface area contributed by atoms with Crippen LogP contribution in [0.5, 0.6) is 0 Å². The zero-order chi connectivity index (χ0) is 14.2. The number of carboxylic acids is 1. The van der Waals surface area contributed by atoms with E-state index in [-0.39, 0.29) is 17.9 Å². The molecule has 1 aromatic carbocycles. The molecule has 104 valence electrons. The van der Waals surface area contributed by atoms with Gasteiger partial charge in [0.25, 0.3) is 0 Å². The number of benzene rings is 1. The van der Waals surface area contributed by atoms with Crippen LogP contribution >= 0.6 is 0 Å². The quantitative estimate of drug-likeness (QED) is 0.849. The van der Waals surface area contributed by atoms with Crippen LogP contribution in [-0.4, -0.2) is 11.1 Å². The van der Waals surface area contributed by atoms with E-state index in [1.807, 2.05) is 0 Å². The van der Waals surface area contributed by atoms with Crippen molar-refractivity contribution < 1.29 is 27.5 Å². The Labute approximate surface area is 107 Å². The van der Waals surface area contributed by atoms with E-state index in [0.717, 1.165) is 25.0 Å². The number of hydrogen-bond donors (Lipinski definition) is 1. The first-order valence-corrected chi connectivity index (χ1v) is 5.87. The molecule has 0 aliphatic heterocycles. The Kier molecular flexibility index (Phi) is 3.52. The normalized spacial score (nSPS) is 17.3. The van der Waals surface area contributed by atoms with Gasteiger partial charge in [0.05, 0.1) is 12.0 Å². The maximum absolute atomic E-state index is 13.8. The third kappa shape index (κ3) is 3.24. The Morgan fingerprint density at radius 2 is 2.00 bits per heavy atom. The van der Waals surface area contributed by atoms with Gasteiger partial charge in [-0.3, -0.25) is 4.79 Å². The van der Waals surface area contributed by atoms with E-state index in [0.29, 0.717) is 6.07 Å². The SMILES string of the molecule is O=C(O)CC(c1ccc(C(F)(F)F)cc1F)C1CC1. The van der Waals surface area contributed by atoms with Gasteiger partial charge >= 0.3 is 12.1 Å². The highest BCUT2D eigenvalue weighted by Gasteiger charge is 2.37. The Hall–Kier alpha value is -1.59. The molecule has 0 saturated heterocycles. The van der Waals surface area contributed by atoms with Gasteiger partial charge in [0.2, 0.25) is 0 Å². The Morgan fingerprint density at radius 3 is 2.42 bits per heavy atom. The molecule has 0 aromatic heterocycles. The van der Waals surface area contributed by atoms with Crippen molar-refractivity contribution in [2.24, 2.45) is 5.92 Å². The summed E-state index contributed by atoms with van der Waals surface area (Å²) in [5.41, 5.74) is -0.989. The first-order valence-electron chi connectivity index (χ1n) is 5.87. The van der Waals surface area contributed by atoms with Crippen molar-refractivity contribution in [3.63, 3.8) is 0 Å². The largest absolute Gasteiger partial charge is 0.481 e. The van der Waals surface area contributed by atoms with E-state index in [9.17, 15) is 22.4 Å². The lowest BCUT2D eigenvalue weighted by molar-refractivity contribution is -0.138. The third-order valence-corrected chi connectivity index (χ3v) is 3.31. The van der Waals surface area contributed by atoms with Crippen molar-refractivity contribution in [3.8, 4) is 0 Å². The summed E-state index contributed by atoms with van der Waals surface area (Å²) in [5.74, 6) is -2.54. The molecule has 1 aliphatic carbocycles. The van der Waals surface area contributed by atoms with Crippen LogP contribution in [0.3, 0.4) is 0 Å². The van der Waals surface area contributed by atoms with Gasteiger partial charge in [-0.15, -0.1) is 0 Å². The van der Waals surface area contributed by atoms with Crippen LogP contribution in [0, 0.1) is 11.7 Å². The maximum Gasteiger partial charge on any atom is 0.416 e. The van der Waals surface area contributed by atoms with Crippen molar-refractivity contribution >= 4 is 5.97 Å². The van der Waals surface area contributed by atoms with Crippen molar-refractivity contribution in [2.75, 3.05) is 0 Å². The number of hydrogen-bond acceptors (Lipinski definition) is 1. The Bertz CT molecular complexity index is 492. The van der Waals surface area contributed by atoms with Crippen LogP contribution in [0.2, 0.25) is 0 Å². The molecule has 1 aliphatic rings. The molecule has 0 bridgehead atoms. The first kappa shape index (κ1) is 13.8. The summed E-state index contributed by atoms with van der Waals surface area (Å²) >= 11 is 0. The minimum absolute atomic E-state index is 0.0577. The number of carboxylic acid groups (broad SMARTS) is 1. The summed E-state index contributed by atoms with van der Waals surface area (Å²) in [6.45, 7) is 0. The van der Waals surface area contributed by atoms with Gasteiger partial charge in [-0.05, 0) is 36.5 Å². The number of alkyl halides is 3. The van der Waals surface area contributed by atoms with Crippen molar-refractivity contribution in [1.29, 1.82) is 0 Å². The molecule has 6 heteroatoms. The molecular formula is C13H12F4O2. The maximum atomic E-state index is 13.8. The molecule has 0 radical (unpaired) electrons. The highest BCUT2D eigenvalue weighted by Crippen LogP contribution is 2.45. The number of carbonyl (C=O) groups is 1. The predicted octanol–water partition coefficient (Wildman–Crippen LogP) is 3.81. The lowest BCUT2D eigenvalue weighted by Crippen LogP contribution is -2.12. The highest BCUT2D eigenvalue weighted by molar-refractivity contribution is 5.68. The van der Waals surface area contributed by atoms with Gasteiger partial charge in [-0.1, -0.05) is 6.07 Å². The fourth-order valence-corrected chi connectivity index (χ4v) is 2.22. The van der Waals surface area contributed by atoms with E-state index in [1.54, 1.807) is 0 Å². The molecule has 1 saturated carbocycles. The van der Waals surface area contributed by atoms with Crippen molar-refractivity contribution in [3.05, 3.63) is 35.1 Å². The molecule has 19 heavy (non-hydrogen) atoms. The summed E-state index contributed by atoms with van der Waals surface area (Å²) in [6.07, 6.45) is -3.27. The summed E-state index contributed by atoms with van der Waals surface area (Å²) in [7, 11) is 0. The zero-order valence-electron chi connectivity index (χ0n) is 9.88. The van der Waals surface area contributed by atoms with Gasteiger partial charge in [0.1, 0.15) is 5.82 Å². The number of rotatable bonds is 4. The first-order chi connectivity index (χ1) is 8.79. The second kappa shape index (κ2) is 4.83. The van der Waals surface area contributed by atoms with Crippen LogP contribution in [-0.2, 0) is 11.0 Å². The van der Waals surface area contributed by atoms with Crippen molar-refractivity contribution in [2.45, 2.75) is 31.4 Å². The Morgan fingerprint density at radius 1 is 1.37 bits per heavy atom. The average molecular weight is 276 g/mol. The minimum Gasteiger partial charge on any atom is -0.481 e. The molecular weight excluding hydrogens is 264 g/mol. The predicted molar refractivity (Wildman–Crippen MR) is 59.1 cm³/mol. The molecule has 1 atom stereocenters. The summed E-state index contributed by atoms with van der Waals surface area (Å²) in [6, 6.07) is 2.30.